The Bertz CT molecular complexity index is 3580. The molecule has 6 heterocycles. The van der Waals surface area contributed by atoms with Crippen LogP contribution >= 0.6 is 35.6 Å². The summed E-state index contributed by atoms with van der Waals surface area (Å²) in [4.78, 5) is 140. The molecule has 11 amide bonds. The number of hydrogen-bond acceptors (Lipinski definition) is 28. The third kappa shape index (κ3) is 34.2. The molecule has 18 N–H and O–H groups in total. The van der Waals surface area contributed by atoms with E-state index in [4.69, 9.17) is 39.1 Å². The van der Waals surface area contributed by atoms with Gasteiger partial charge in [-0.1, -0.05) is 37.1 Å². The summed E-state index contributed by atoms with van der Waals surface area (Å²) in [5.74, 6) is 2.23. The minimum absolute atomic E-state index is 0.0106. The summed E-state index contributed by atoms with van der Waals surface area (Å²) in [7, 11) is 0. The first-order valence-corrected chi connectivity index (χ1v) is 41.8. The van der Waals surface area contributed by atoms with Crippen LogP contribution < -0.4 is 86.1 Å². The molecule has 0 bridgehead atoms. The molecule has 0 aromatic heterocycles. The van der Waals surface area contributed by atoms with Crippen molar-refractivity contribution in [1.29, 1.82) is 0 Å². The van der Waals surface area contributed by atoms with Gasteiger partial charge in [-0.25, -0.2) is 31.3 Å². The number of urea groups is 2. The van der Waals surface area contributed by atoms with Gasteiger partial charge in [-0.05, 0) is 125 Å². The van der Waals surface area contributed by atoms with Crippen LogP contribution in [0.25, 0.3) is 0 Å². The normalized spacial score (nSPS) is 19.4. The lowest BCUT2D eigenvalue weighted by molar-refractivity contribution is -0.195. The Morgan fingerprint density at radius 1 is 0.470 bits per heavy atom. The number of hydrazine groups is 2. The maximum absolute atomic E-state index is 13.2. The average Bonchev–Trinajstić information content (AvgIpc) is 1.60. The van der Waals surface area contributed by atoms with Crippen LogP contribution in [0.2, 0.25) is 0 Å². The van der Waals surface area contributed by atoms with Crippen molar-refractivity contribution in [3.63, 3.8) is 0 Å². The van der Waals surface area contributed by atoms with Crippen LogP contribution in [0.4, 0.5) is 9.59 Å². The first-order valence-electron chi connectivity index (χ1n) is 39.0. The zero-order valence-corrected chi connectivity index (χ0v) is 67.5. The topological polar surface area (TPSA) is 537 Å². The maximum atomic E-state index is 13.2. The van der Waals surface area contributed by atoms with Gasteiger partial charge < -0.3 is 96.7 Å². The van der Waals surface area contributed by atoms with Gasteiger partial charge in [-0.2, -0.15) is 29.4 Å². The fourth-order valence-electron chi connectivity index (χ4n) is 12.5. The Morgan fingerprint density at radius 2 is 0.852 bits per heavy atom. The third-order valence-corrected chi connectivity index (χ3v) is 22.8. The quantitative estimate of drug-likeness (QED) is 0.00722. The predicted molar refractivity (Wildman–Crippen MR) is 425 cm³/mol. The smallest absolute Gasteiger partial charge is 0.315 e. The maximum Gasteiger partial charge on any atom is 0.315 e. The molecule has 636 valence electrons. The van der Waals surface area contributed by atoms with Crippen LogP contribution in [-0.2, 0) is 82.6 Å². The molecular formula is C75H112N16O21S3. The van der Waals surface area contributed by atoms with Crippen molar-refractivity contribution in [3.05, 3.63) is 101 Å². The molecule has 6 aliphatic heterocycles. The molecule has 6 fully saturated rings. The van der Waals surface area contributed by atoms with Gasteiger partial charge in [0.1, 0.15) is 30.0 Å². The molecule has 115 heavy (non-hydrogen) atoms. The van der Waals surface area contributed by atoms with Crippen LogP contribution in [-0.4, -0.2) is 247 Å². The SMILES string of the molecule is CC1(c2ccc(C(=O)N[C@H](CC(=O)O)C(=O)NCCCOCCOCCOCCCNC(=O)CCCC[C@@H]3SC[C@@H]4NC(=O)N[C@@H]43)cc2)NN1.CC1(c2ccc(C(=O)N[C@H](CC(=O)OCCNC(=O)c3ccc(SOON)cc3)C(=O)NCCCOCCOCCOCCCNC(=O)CCCC[C@@H]3SC[C@@H]4NC(=O)N[C@@H]43)cc2)NN1. The van der Waals surface area contributed by atoms with E-state index in [2.05, 4.69) is 89.5 Å². The van der Waals surface area contributed by atoms with Crippen LogP contribution in [0.1, 0.15) is 146 Å². The molecule has 6 saturated heterocycles. The van der Waals surface area contributed by atoms with E-state index >= 15 is 0 Å². The highest BCUT2D eigenvalue weighted by molar-refractivity contribution is 8.00. The molecule has 0 unspecified atom stereocenters. The second-order valence-electron chi connectivity index (χ2n) is 28.1. The van der Waals surface area contributed by atoms with Gasteiger partial charge in [0.25, 0.3) is 17.7 Å². The third-order valence-electron chi connectivity index (χ3n) is 19.1. The van der Waals surface area contributed by atoms with E-state index in [9.17, 15) is 57.8 Å². The Balaban J connectivity index is 0.000000298. The number of carbonyl (C=O) groups is 11. The first-order chi connectivity index (χ1) is 55.7. The minimum atomic E-state index is -1.23. The second-order valence-corrected chi connectivity index (χ2v) is 31.4. The summed E-state index contributed by atoms with van der Waals surface area (Å²) < 4.78 is 43.2. The van der Waals surface area contributed by atoms with E-state index in [1.165, 1.54) is 0 Å². The number of nitrogens with one attached hydrogen (secondary N) is 15. The van der Waals surface area contributed by atoms with Crippen molar-refractivity contribution in [2.45, 2.75) is 167 Å². The fourth-order valence-corrected chi connectivity index (χ4v) is 15.9. The van der Waals surface area contributed by atoms with Crippen molar-refractivity contribution >= 4 is 101 Å². The molecule has 3 aromatic carbocycles. The van der Waals surface area contributed by atoms with E-state index in [1.807, 2.05) is 37.4 Å². The number of amides is 11. The number of carbonyl (C=O) groups excluding carboxylic acids is 10. The molecule has 0 radical (unpaired) electrons. The number of nitrogens with two attached hydrogens (primary N) is 1. The van der Waals surface area contributed by atoms with Gasteiger partial charge in [0, 0.05) is 109 Å². The van der Waals surface area contributed by atoms with Crippen LogP contribution in [0, 0.1) is 0 Å². The number of esters is 1. The van der Waals surface area contributed by atoms with E-state index in [-0.39, 0.29) is 85.6 Å². The zero-order chi connectivity index (χ0) is 82.1. The average molecular weight is 1670 g/mol. The highest BCUT2D eigenvalue weighted by Crippen LogP contribution is 2.35. The number of benzene rings is 3. The van der Waals surface area contributed by atoms with E-state index in [0.717, 1.165) is 73.2 Å². The van der Waals surface area contributed by atoms with Crippen molar-refractivity contribution in [2.24, 2.45) is 5.90 Å². The molecule has 40 heteroatoms. The highest BCUT2D eigenvalue weighted by Gasteiger charge is 2.44. The Hall–Kier alpha value is -8.04. The summed E-state index contributed by atoms with van der Waals surface area (Å²) in [6.45, 7) is 10.2. The number of unbranched alkanes of at least 4 members (excludes halogenated alkanes) is 2. The van der Waals surface area contributed by atoms with E-state index in [0.29, 0.717) is 163 Å². The van der Waals surface area contributed by atoms with Gasteiger partial charge in [0.2, 0.25) is 23.6 Å². The Morgan fingerprint density at radius 3 is 1.25 bits per heavy atom. The monoisotopic (exact) mass is 1670 g/mol. The van der Waals surface area contributed by atoms with Crippen molar-refractivity contribution in [3.8, 4) is 0 Å². The lowest BCUT2D eigenvalue weighted by Gasteiger charge is -2.18. The number of thioether (sulfide) groups is 2. The van der Waals surface area contributed by atoms with Crippen LogP contribution in [0.3, 0.4) is 0 Å². The lowest BCUT2D eigenvalue weighted by Crippen LogP contribution is -2.48. The van der Waals surface area contributed by atoms with E-state index < -0.39 is 66.4 Å². The zero-order valence-electron chi connectivity index (χ0n) is 65.0. The Kier molecular flexibility index (Phi) is 40.6. The number of carboxylic acids is 1. The van der Waals surface area contributed by atoms with Crippen molar-refractivity contribution in [2.75, 3.05) is 130 Å². The summed E-state index contributed by atoms with van der Waals surface area (Å²) in [6, 6.07) is 18.3. The van der Waals surface area contributed by atoms with Crippen molar-refractivity contribution in [1.82, 2.24) is 80.2 Å². The number of hydrogen-bond donors (Lipinski definition) is 17. The molecule has 3 aromatic rings. The summed E-state index contributed by atoms with van der Waals surface area (Å²) >= 11 is 4.65. The highest BCUT2D eigenvalue weighted by atomic mass is 32.2. The largest absolute Gasteiger partial charge is 0.481 e. The molecular weight excluding hydrogens is 1560 g/mol. The van der Waals surface area contributed by atoms with Crippen LogP contribution in [0.15, 0.2) is 77.7 Å². The molecule has 0 aliphatic carbocycles. The van der Waals surface area contributed by atoms with Crippen LogP contribution in [0.5, 0.6) is 0 Å². The van der Waals surface area contributed by atoms with Gasteiger partial charge in [-0.3, -0.25) is 43.2 Å². The minimum Gasteiger partial charge on any atom is -0.481 e. The summed E-state index contributed by atoms with van der Waals surface area (Å²) in [5, 5.41) is 41.0. The molecule has 37 nitrogen and oxygen atoms in total. The number of ether oxygens (including phenoxy) is 7. The molecule has 8 atom stereocenters. The molecule has 0 spiro atoms. The number of rotatable bonds is 57. The van der Waals surface area contributed by atoms with Gasteiger partial charge >= 0.3 is 24.0 Å². The predicted octanol–water partition coefficient (Wildman–Crippen LogP) is 1.37. The second kappa shape index (κ2) is 50.6. The first kappa shape index (κ1) is 92.5. The fraction of sp³-hybridized carbons (Fsp3) is 0.613. The van der Waals surface area contributed by atoms with Gasteiger partial charge in [0.15, 0.2) is 0 Å². The number of carboxylic acid groups (broad SMARTS) is 1. The molecule has 9 rings (SSSR count). The van der Waals surface area contributed by atoms with E-state index in [1.54, 1.807) is 72.8 Å². The van der Waals surface area contributed by atoms with Gasteiger partial charge in [0.05, 0.1) is 108 Å². The standard InChI is InChI=1S/C42H61N9O12S2.C33H51N7O9S/c1-42(50-51-42)30-12-8-29(9-13-30)39(55)47-32(26-36(53)61-21-18-46-38(54)28-10-14-31(15-11-28)65-63-62-43)40(56)45-17-5-20-59-23-25-60-24-22-58-19-4-16-44-35(52)7-3-2-6-34-37-33(27-64-34)48-41(57)49-37;1-33(39-40-33)23-10-8-22(9-11-23)30(44)36-24(20-28(42)43)31(45)35-13-5-15-48-17-19-49-18-16-47-14-4-12-34-27(41)7-3-2-6-26-29-25(21-50-26)37-32(46)38-29/h8-15,32-34,37,50-51H,2-7,16-27,43H2,1H3,(H,44,52)(H,45,56)(H,46,54)(H,47,55)(H2,48,49,57);8-11,24-26,29,39-40H,2-7,12-21H2,1H3,(H,34,41)(H,35,45)(H,36,44)(H,42,43)(H2,37,38,46)/t32-,33+,34+,37+;24-,25+,26+,29+/m11/s1. The summed E-state index contributed by atoms with van der Waals surface area (Å²) in [5.41, 5.74) is 14.2. The molecule has 6 aliphatic rings. The molecule has 0 saturated carbocycles. The Labute approximate surface area is 681 Å². The summed E-state index contributed by atoms with van der Waals surface area (Å²) in [6.07, 6.45) is 7.93. The van der Waals surface area contributed by atoms with Gasteiger partial charge in [-0.15, -0.1) is 9.32 Å². The number of aliphatic carboxylic acids is 1. The number of fused-ring (bicyclic) bond motifs is 2. The lowest BCUT2D eigenvalue weighted by atomic mass is 10.0. The van der Waals surface area contributed by atoms with Crippen molar-refractivity contribution < 1.29 is 100 Å².